The van der Waals surface area contributed by atoms with Crippen molar-refractivity contribution in [1.29, 1.82) is 0 Å². The topological polar surface area (TPSA) is 73.2 Å². The number of halogens is 1. The lowest BCUT2D eigenvalue weighted by Crippen LogP contribution is -2.13. The second-order valence-electron chi connectivity index (χ2n) is 6.03. The fourth-order valence-electron chi connectivity index (χ4n) is 2.69. The van der Waals surface area contributed by atoms with Crippen LogP contribution in [0.1, 0.15) is 26.4 Å². The van der Waals surface area contributed by atoms with Crippen LogP contribution in [0.5, 0.6) is 0 Å². The van der Waals surface area contributed by atoms with Crippen LogP contribution in [-0.4, -0.2) is 28.8 Å². The van der Waals surface area contributed by atoms with Crippen molar-refractivity contribution in [3.05, 3.63) is 71.2 Å². The summed E-state index contributed by atoms with van der Waals surface area (Å²) < 4.78 is 19.7. The minimum absolute atomic E-state index is 0.206. The number of carbonyl (C=O) groups is 2. The molecule has 0 saturated heterocycles. The predicted molar refractivity (Wildman–Crippen MR) is 99.1 cm³/mol. The third-order valence-electron chi connectivity index (χ3n) is 4.11. The van der Waals surface area contributed by atoms with E-state index in [9.17, 15) is 14.0 Å². The Bertz CT molecular complexity index is 1030. The number of hydrogen-bond acceptors (Lipinski definition) is 4. The van der Waals surface area contributed by atoms with E-state index in [2.05, 4.69) is 15.2 Å². The van der Waals surface area contributed by atoms with Gasteiger partial charge in [0.2, 0.25) is 0 Å². The number of aryl methyl sites for hydroxylation is 2. The van der Waals surface area contributed by atoms with Crippen LogP contribution in [0.4, 0.5) is 10.1 Å². The Morgan fingerprint density at radius 3 is 2.63 bits per heavy atom. The van der Waals surface area contributed by atoms with Crippen molar-refractivity contribution in [1.82, 2.24) is 9.78 Å². The summed E-state index contributed by atoms with van der Waals surface area (Å²) in [7, 11) is 3.00. The summed E-state index contributed by atoms with van der Waals surface area (Å²) in [4.78, 5) is 24.1. The minimum atomic E-state index is -0.488. The maximum atomic E-state index is 13.5. The Balaban J connectivity index is 1.84. The summed E-state index contributed by atoms with van der Waals surface area (Å²) in [5.41, 5.74) is 2.95. The fraction of sp³-hybridized carbons (Fsp3) is 0.150. The van der Waals surface area contributed by atoms with Gasteiger partial charge < -0.3 is 10.1 Å². The first-order valence-electron chi connectivity index (χ1n) is 8.19. The Hall–Kier alpha value is -3.48. The highest BCUT2D eigenvalue weighted by atomic mass is 19.1. The van der Waals surface area contributed by atoms with Gasteiger partial charge >= 0.3 is 5.97 Å². The summed E-state index contributed by atoms with van der Waals surface area (Å²) >= 11 is 0. The van der Waals surface area contributed by atoms with E-state index in [0.29, 0.717) is 22.5 Å². The van der Waals surface area contributed by atoms with Crippen LogP contribution < -0.4 is 5.32 Å². The molecule has 0 unspecified atom stereocenters. The standard InChI is InChI=1S/C20H18FN3O3/c1-12-9-13(7-8-16(12)21)18-11-17(23-24(18)2)19(25)22-15-6-4-5-14(10-15)20(26)27-3/h4-11H,1-3H3,(H,22,25). The van der Waals surface area contributed by atoms with E-state index in [1.807, 2.05) is 0 Å². The molecule has 2 aromatic carbocycles. The average Bonchev–Trinajstić information content (AvgIpc) is 3.05. The van der Waals surface area contributed by atoms with Crippen molar-refractivity contribution in [2.45, 2.75) is 6.92 Å². The van der Waals surface area contributed by atoms with Crippen LogP contribution in [-0.2, 0) is 11.8 Å². The van der Waals surface area contributed by atoms with Crippen LogP contribution in [0.3, 0.4) is 0 Å². The zero-order chi connectivity index (χ0) is 19.6. The number of aromatic nitrogens is 2. The molecule has 1 heterocycles. The van der Waals surface area contributed by atoms with Gasteiger partial charge in [-0.15, -0.1) is 0 Å². The molecule has 27 heavy (non-hydrogen) atoms. The van der Waals surface area contributed by atoms with Gasteiger partial charge in [0.15, 0.2) is 5.69 Å². The summed E-state index contributed by atoms with van der Waals surface area (Å²) in [6.07, 6.45) is 0. The van der Waals surface area contributed by atoms with Crippen molar-refractivity contribution in [2.24, 2.45) is 7.05 Å². The molecule has 6 nitrogen and oxygen atoms in total. The lowest BCUT2D eigenvalue weighted by molar-refractivity contribution is 0.0600. The van der Waals surface area contributed by atoms with Crippen molar-refractivity contribution >= 4 is 17.6 Å². The molecule has 1 N–H and O–H groups in total. The van der Waals surface area contributed by atoms with Crippen molar-refractivity contribution in [3.63, 3.8) is 0 Å². The van der Waals surface area contributed by atoms with Crippen LogP contribution in [0.15, 0.2) is 48.5 Å². The number of hydrogen-bond donors (Lipinski definition) is 1. The number of anilines is 1. The number of ether oxygens (including phenoxy) is 1. The molecule has 0 fully saturated rings. The predicted octanol–water partition coefficient (Wildman–Crippen LogP) is 3.57. The average molecular weight is 367 g/mol. The molecular weight excluding hydrogens is 349 g/mol. The van der Waals surface area contributed by atoms with Gasteiger partial charge in [0, 0.05) is 18.3 Å². The molecule has 1 aromatic heterocycles. The summed E-state index contributed by atoms with van der Waals surface area (Å²) in [6, 6.07) is 12.8. The zero-order valence-electron chi connectivity index (χ0n) is 15.1. The van der Waals surface area contributed by atoms with Crippen molar-refractivity contribution in [3.8, 4) is 11.3 Å². The van der Waals surface area contributed by atoms with Gasteiger partial charge in [-0.3, -0.25) is 9.48 Å². The van der Waals surface area contributed by atoms with E-state index >= 15 is 0 Å². The smallest absolute Gasteiger partial charge is 0.337 e. The van der Waals surface area contributed by atoms with E-state index in [1.165, 1.54) is 19.2 Å². The van der Waals surface area contributed by atoms with Crippen LogP contribution in [0.25, 0.3) is 11.3 Å². The second-order valence-corrected chi connectivity index (χ2v) is 6.03. The molecule has 7 heteroatoms. The molecule has 3 aromatic rings. The normalized spacial score (nSPS) is 10.5. The number of nitrogens with one attached hydrogen (secondary N) is 1. The maximum Gasteiger partial charge on any atom is 0.337 e. The minimum Gasteiger partial charge on any atom is -0.465 e. The lowest BCUT2D eigenvalue weighted by Gasteiger charge is -2.05. The van der Waals surface area contributed by atoms with Gasteiger partial charge in [-0.1, -0.05) is 6.07 Å². The number of nitrogens with zero attached hydrogens (tertiary/aromatic N) is 2. The quantitative estimate of drug-likeness (QED) is 0.716. The molecule has 0 radical (unpaired) electrons. The van der Waals surface area contributed by atoms with Gasteiger partial charge in [-0.25, -0.2) is 9.18 Å². The van der Waals surface area contributed by atoms with E-state index in [1.54, 1.807) is 55.1 Å². The van der Waals surface area contributed by atoms with Crippen LogP contribution >= 0.6 is 0 Å². The fourth-order valence-corrected chi connectivity index (χ4v) is 2.69. The molecule has 138 valence electrons. The molecule has 0 aliphatic carbocycles. The maximum absolute atomic E-state index is 13.5. The Morgan fingerprint density at radius 1 is 1.15 bits per heavy atom. The summed E-state index contributed by atoms with van der Waals surface area (Å²) in [6.45, 7) is 1.68. The van der Waals surface area contributed by atoms with Gasteiger partial charge in [0.05, 0.1) is 18.4 Å². The Labute approximate surface area is 155 Å². The lowest BCUT2D eigenvalue weighted by atomic mass is 10.1. The van der Waals surface area contributed by atoms with E-state index in [-0.39, 0.29) is 11.5 Å². The van der Waals surface area contributed by atoms with Crippen molar-refractivity contribution in [2.75, 3.05) is 12.4 Å². The second kappa shape index (κ2) is 7.41. The molecule has 0 aliphatic rings. The molecule has 0 aliphatic heterocycles. The van der Waals surface area contributed by atoms with Crippen LogP contribution in [0, 0.1) is 12.7 Å². The van der Waals surface area contributed by atoms with E-state index in [0.717, 1.165) is 5.56 Å². The SMILES string of the molecule is COC(=O)c1cccc(NC(=O)c2cc(-c3ccc(F)c(C)c3)n(C)n2)c1. The molecule has 0 saturated carbocycles. The van der Waals surface area contributed by atoms with Gasteiger partial charge in [0.1, 0.15) is 5.82 Å². The third-order valence-corrected chi connectivity index (χ3v) is 4.11. The molecule has 0 bridgehead atoms. The zero-order valence-corrected chi connectivity index (χ0v) is 15.1. The highest BCUT2D eigenvalue weighted by molar-refractivity contribution is 6.04. The van der Waals surface area contributed by atoms with Crippen molar-refractivity contribution < 1.29 is 18.7 Å². The first-order valence-corrected chi connectivity index (χ1v) is 8.19. The van der Waals surface area contributed by atoms with E-state index in [4.69, 9.17) is 0 Å². The Kier molecular flexibility index (Phi) is 5.03. The van der Waals surface area contributed by atoms with Crippen LogP contribution in [0.2, 0.25) is 0 Å². The molecule has 0 atom stereocenters. The van der Waals surface area contributed by atoms with E-state index < -0.39 is 11.9 Å². The molecular formula is C20H18FN3O3. The molecule has 3 rings (SSSR count). The largest absolute Gasteiger partial charge is 0.465 e. The number of methoxy groups -OCH3 is 1. The number of esters is 1. The van der Waals surface area contributed by atoms with Gasteiger partial charge in [-0.2, -0.15) is 5.10 Å². The number of amides is 1. The van der Waals surface area contributed by atoms with Gasteiger partial charge in [-0.05, 0) is 55.0 Å². The summed E-state index contributed by atoms with van der Waals surface area (Å²) in [5, 5.41) is 6.94. The molecule has 1 amide bonds. The summed E-state index contributed by atoms with van der Waals surface area (Å²) in [5.74, 6) is -1.19. The Morgan fingerprint density at radius 2 is 1.93 bits per heavy atom. The first kappa shape index (κ1) is 18.3. The monoisotopic (exact) mass is 367 g/mol. The van der Waals surface area contributed by atoms with Gasteiger partial charge in [0.25, 0.3) is 5.91 Å². The number of benzene rings is 2. The first-order chi connectivity index (χ1) is 12.9. The highest BCUT2D eigenvalue weighted by Crippen LogP contribution is 2.23. The number of carbonyl (C=O) groups excluding carboxylic acids is 2. The highest BCUT2D eigenvalue weighted by Gasteiger charge is 2.15. The number of rotatable bonds is 4. The third kappa shape index (κ3) is 3.87. The molecule has 0 spiro atoms.